The van der Waals surface area contributed by atoms with E-state index in [2.05, 4.69) is 10.0 Å². The maximum atomic E-state index is 12.7. The molecule has 0 unspecified atom stereocenters. The monoisotopic (exact) mass is 458 g/mol. The zero-order valence-electron chi connectivity index (χ0n) is 15.7. The minimum atomic E-state index is -4.02. The highest BCUT2D eigenvalue weighted by molar-refractivity contribution is 7.92. The number of amides is 1. The van der Waals surface area contributed by atoms with Gasteiger partial charge < -0.3 is 10.4 Å². The molecule has 10 heteroatoms. The van der Waals surface area contributed by atoms with Crippen molar-refractivity contribution in [2.24, 2.45) is 5.41 Å². The van der Waals surface area contributed by atoms with Gasteiger partial charge in [0.05, 0.1) is 11.4 Å². The van der Waals surface area contributed by atoms with E-state index in [0.29, 0.717) is 10.7 Å². The molecule has 156 valence electrons. The quantitative estimate of drug-likeness (QED) is 0.533. The Bertz CT molecular complexity index is 1020. The summed E-state index contributed by atoms with van der Waals surface area (Å²) in [6.45, 7) is 3.32. The highest BCUT2D eigenvalue weighted by Crippen LogP contribution is 2.29. The van der Waals surface area contributed by atoms with Crippen molar-refractivity contribution in [3.63, 3.8) is 0 Å². The summed E-state index contributed by atoms with van der Waals surface area (Å²) in [4.78, 5) is 22.9. The molecule has 0 radical (unpaired) electrons. The number of carbonyl (C=O) groups excluding carboxylic acids is 1. The standard InChI is InChI=1S/C19H20Cl2N2O5S/c1-19(2,11-18(25)26)10-17(24)22-14-7-8-15(21)16(9-14)29(27,28)23-13-5-3-12(20)4-6-13/h3-9,23H,10-11H2,1-2H3,(H,22,24)(H,25,26). The molecular weight excluding hydrogens is 439 g/mol. The molecular formula is C19H20Cl2N2O5S. The third-order valence-corrected chi connectivity index (χ3v) is 5.98. The summed E-state index contributed by atoms with van der Waals surface area (Å²) >= 11 is 11.9. The van der Waals surface area contributed by atoms with Crippen LogP contribution in [0, 0.1) is 5.41 Å². The van der Waals surface area contributed by atoms with Crippen molar-refractivity contribution in [1.82, 2.24) is 0 Å². The van der Waals surface area contributed by atoms with Crippen LogP contribution in [0.15, 0.2) is 47.4 Å². The van der Waals surface area contributed by atoms with Crippen LogP contribution in [0.5, 0.6) is 0 Å². The molecule has 7 nitrogen and oxygen atoms in total. The van der Waals surface area contributed by atoms with Gasteiger partial charge >= 0.3 is 5.97 Å². The van der Waals surface area contributed by atoms with Crippen molar-refractivity contribution in [1.29, 1.82) is 0 Å². The number of benzene rings is 2. The maximum absolute atomic E-state index is 12.7. The van der Waals surface area contributed by atoms with Crippen molar-refractivity contribution in [2.45, 2.75) is 31.6 Å². The predicted octanol–water partition coefficient (Wildman–Crippen LogP) is 4.62. The van der Waals surface area contributed by atoms with E-state index in [0.717, 1.165) is 0 Å². The molecule has 0 atom stereocenters. The van der Waals surface area contributed by atoms with E-state index in [1.165, 1.54) is 42.5 Å². The molecule has 0 bridgehead atoms. The van der Waals surface area contributed by atoms with Crippen molar-refractivity contribution in [3.8, 4) is 0 Å². The molecule has 2 aromatic rings. The molecule has 1 amide bonds. The number of halogens is 2. The van der Waals surface area contributed by atoms with Crippen molar-refractivity contribution in [3.05, 3.63) is 52.5 Å². The number of anilines is 2. The minimum absolute atomic E-state index is 0.0179. The van der Waals surface area contributed by atoms with Crippen molar-refractivity contribution < 1.29 is 23.1 Å². The first kappa shape index (κ1) is 23.0. The summed E-state index contributed by atoms with van der Waals surface area (Å²) in [5.74, 6) is -1.44. The van der Waals surface area contributed by atoms with Gasteiger partial charge in [-0.2, -0.15) is 0 Å². The molecule has 0 aliphatic rings. The molecule has 0 aliphatic heterocycles. The first-order valence-corrected chi connectivity index (χ1v) is 10.7. The molecule has 2 rings (SSSR count). The molecule has 0 saturated carbocycles. The summed E-state index contributed by atoms with van der Waals surface area (Å²) in [5.41, 5.74) is -0.231. The maximum Gasteiger partial charge on any atom is 0.303 e. The molecule has 2 aromatic carbocycles. The van der Waals surface area contributed by atoms with E-state index in [1.807, 2.05) is 0 Å². The average molecular weight is 459 g/mol. The number of hydrogen-bond donors (Lipinski definition) is 3. The number of hydrogen-bond acceptors (Lipinski definition) is 4. The fourth-order valence-corrected chi connectivity index (χ4v) is 4.34. The van der Waals surface area contributed by atoms with E-state index in [1.54, 1.807) is 13.8 Å². The fourth-order valence-electron chi connectivity index (χ4n) is 2.63. The van der Waals surface area contributed by atoms with Crippen LogP contribution in [-0.2, 0) is 19.6 Å². The zero-order valence-corrected chi connectivity index (χ0v) is 18.0. The van der Waals surface area contributed by atoms with Gasteiger partial charge in [0.1, 0.15) is 4.90 Å². The van der Waals surface area contributed by atoms with Gasteiger partial charge in [-0.25, -0.2) is 8.42 Å². The Morgan fingerprint density at radius 2 is 1.59 bits per heavy atom. The van der Waals surface area contributed by atoms with Gasteiger partial charge in [-0.05, 0) is 47.9 Å². The lowest BCUT2D eigenvalue weighted by Gasteiger charge is -2.21. The Labute approximate surface area is 179 Å². The zero-order chi connectivity index (χ0) is 21.8. The Balaban J connectivity index is 2.19. The molecule has 0 heterocycles. The summed E-state index contributed by atoms with van der Waals surface area (Å²) in [6.07, 6.45) is -0.223. The minimum Gasteiger partial charge on any atom is -0.481 e. The topological polar surface area (TPSA) is 113 Å². The van der Waals surface area contributed by atoms with E-state index in [4.69, 9.17) is 28.3 Å². The second-order valence-electron chi connectivity index (χ2n) is 7.22. The Morgan fingerprint density at radius 3 is 2.17 bits per heavy atom. The lowest BCUT2D eigenvalue weighted by Crippen LogP contribution is -2.25. The highest BCUT2D eigenvalue weighted by atomic mass is 35.5. The van der Waals surface area contributed by atoms with E-state index in [-0.39, 0.29) is 28.4 Å². The molecule has 3 N–H and O–H groups in total. The summed E-state index contributed by atoms with van der Waals surface area (Å²) in [7, 11) is -4.02. The third kappa shape index (κ3) is 6.92. The molecule has 0 aliphatic carbocycles. The fraction of sp³-hybridized carbons (Fsp3) is 0.263. The normalized spacial score (nSPS) is 11.7. The van der Waals surface area contributed by atoms with Gasteiger partial charge in [0.25, 0.3) is 10.0 Å². The Morgan fingerprint density at radius 1 is 1.00 bits per heavy atom. The van der Waals surface area contributed by atoms with Crippen LogP contribution >= 0.6 is 23.2 Å². The number of nitrogens with one attached hydrogen (secondary N) is 2. The second kappa shape index (κ2) is 9.02. The lowest BCUT2D eigenvalue weighted by molar-refractivity contribution is -0.139. The van der Waals surface area contributed by atoms with Crippen LogP contribution < -0.4 is 10.0 Å². The molecule has 0 spiro atoms. The van der Waals surface area contributed by atoms with Crippen molar-refractivity contribution >= 4 is 56.5 Å². The highest BCUT2D eigenvalue weighted by Gasteiger charge is 2.26. The second-order valence-corrected chi connectivity index (χ2v) is 9.71. The SMILES string of the molecule is CC(C)(CC(=O)O)CC(=O)Nc1ccc(Cl)c(S(=O)(=O)Nc2ccc(Cl)cc2)c1. The third-order valence-electron chi connectivity index (χ3n) is 3.87. The summed E-state index contributed by atoms with van der Waals surface area (Å²) in [6, 6.07) is 10.1. The number of carboxylic acid groups (broad SMARTS) is 1. The van der Waals surface area contributed by atoms with Gasteiger partial charge in [-0.15, -0.1) is 0 Å². The average Bonchev–Trinajstić information content (AvgIpc) is 2.56. The van der Waals surface area contributed by atoms with Gasteiger partial charge in [0.15, 0.2) is 0 Å². The number of sulfonamides is 1. The summed E-state index contributed by atoms with van der Waals surface area (Å²) in [5, 5.41) is 11.9. The first-order valence-electron chi connectivity index (χ1n) is 8.48. The number of aliphatic carboxylic acids is 1. The Hall–Kier alpha value is -2.29. The molecule has 29 heavy (non-hydrogen) atoms. The van der Waals surface area contributed by atoms with Gasteiger partial charge in [-0.3, -0.25) is 14.3 Å². The van der Waals surface area contributed by atoms with E-state index in [9.17, 15) is 18.0 Å². The van der Waals surface area contributed by atoms with Crippen LogP contribution in [0.25, 0.3) is 0 Å². The van der Waals surface area contributed by atoms with Crippen molar-refractivity contribution in [2.75, 3.05) is 10.0 Å². The van der Waals surface area contributed by atoms with Crippen LogP contribution in [0.1, 0.15) is 26.7 Å². The van der Waals surface area contributed by atoms with E-state index < -0.39 is 27.3 Å². The van der Waals surface area contributed by atoms with Crippen LogP contribution in [0.3, 0.4) is 0 Å². The van der Waals surface area contributed by atoms with Crippen LogP contribution in [0.4, 0.5) is 11.4 Å². The van der Waals surface area contributed by atoms with E-state index >= 15 is 0 Å². The van der Waals surface area contributed by atoms with Gasteiger partial charge in [-0.1, -0.05) is 37.0 Å². The first-order chi connectivity index (χ1) is 13.4. The number of carboxylic acids is 1. The van der Waals surface area contributed by atoms with Gasteiger partial charge in [0.2, 0.25) is 5.91 Å². The molecule has 0 aromatic heterocycles. The van der Waals surface area contributed by atoms with Crippen LogP contribution in [0.2, 0.25) is 10.0 Å². The van der Waals surface area contributed by atoms with Gasteiger partial charge in [0, 0.05) is 22.8 Å². The number of rotatable bonds is 8. The largest absolute Gasteiger partial charge is 0.481 e. The lowest BCUT2D eigenvalue weighted by atomic mass is 9.85. The predicted molar refractivity (Wildman–Crippen MR) is 113 cm³/mol. The Kier molecular flexibility index (Phi) is 7.15. The molecule has 0 fully saturated rings. The van der Waals surface area contributed by atoms with Crippen LogP contribution in [-0.4, -0.2) is 25.4 Å². The molecule has 0 saturated heterocycles. The summed E-state index contributed by atoms with van der Waals surface area (Å²) < 4.78 is 27.8. The number of carbonyl (C=O) groups is 2. The smallest absolute Gasteiger partial charge is 0.303 e.